The summed E-state index contributed by atoms with van der Waals surface area (Å²) in [6.07, 6.45) is 3.03. The molecule has 0 radical (unpaired) electrons. The van der Waals surface area contributed by atoms with Crippen LogP contribution in [0.2, 0.25) is 0 Å². The molecule has 1 saturated heterocycles. The predicted octanol–water partition coefficient (Wildman–Crippen LogP) is 1.43. The zero-order chi connectivity index (χ0) is 15.4. The van der Waals surface area contributed by atoms with Crippen molar-refractivity contribution in [1.82, 2.24) is 15.2 Å². The summed E-state index contributed by atoms with van der Waals surface area (Å²) in [6.45, 7) is 2.88. The summed E-state index contributed by atoms with van der Waals surface area (Å²) in [4.78, 5) is 17.5. The molecule has 0 saturated carbocycles. The van der Waals surface area contributed by atoms with Gasteiger partial charge < -0.3 is 14.5 Å². The highest BCUT2D eigenvalue weighted by Crippen LogP contribution is 2.20. The SMILES string of the molecule is CNC(=O)C1CN(Cc2ccc(OCc3cnco3)cc2)C1. The third kappa shape index (κ3) is 3.46. The van der Waals surface area contributed by atoms with Crippen molar-refractivity contribution in [2.24, 2.45) is 5.92 Å². The minimum absolute atomic E-state index is 0.132. The number of nitrogens with one attached hydrogen (secondary N) is 1. The molecular formula is C16H19N3O3. The molecule has 22 heavy (non-hydrogen) atoms. The van der Waals surface area contributed by atoms with E-state index < -0.39 is 0 Å². The van der Waals surface area contributed by atoms with Crippen LogP contribution in [0, 0.1) is 5.92 Å². The van der Waals surface area contributed by atoms with Gasteiger partial charge in [0.05, 0.1) is 12.1 Å². The Bertz CT molecular complexity index is 604. The smallest absolute Gasteiger partial charge is 0.225 e. The Hall–Kier alpha value is -2.34. The van der Waals surface area contributed by atoms with E-state index in [0.717, 1.165) is 25.4 Å². The van der Waals surface area contributed by atoms with Crippen LogP contribution >= 0.6 is 0 Å². The van der Waals surface area contributed by atoms with E-state index in [-0.39, 0.29) is 11.8 Å². The van der Waals surface area contributed by atoms with Crippen molar-refractivity contribution in [3.63, 3.8) is 0 Å². The van der Waals surface area contributed by atoms with Crippen LogP contribution in [-0.2, 0) is 17.9 Å². The second-order valence-corrected chi connectivity index (χ2v) is 5.41. The minimum atomic E-state index is 0.132. The van der Waals surface area contributed by atoms with Gasteiger partial charge in [0, 0.05) is 26.7 Å². The lowest BCUT2D eigenvalue weighted by Gasteiger charge is -2.38. The molecule has 1 amide bonds. The Labute approximate surface area is 129 Å². The minimum Gasteiger partial charge on any atom is -0.486 e. The first-order valence-corrected chi connectivity index (χ1v) is 7.27. The molecule has 1 aromatic heterocycles. The van der Waals surface area contributed by atoms with Gasteiger partial charge in [-0.05, 0) is 17.7 Å². The van der Waals surface area contributed by atoms with Gasteiger partial charge in [-0.2, -0.15) is 0 Å². The fourth-order valence-electron chi connectivity index (χ4n) is 2.49. The van der Waals surface area contributed by atoms with E-state index in [1.54, 1.807) is 13.2 Å². The van der Waals surface area contributed by atoms with Gasteiger partial charge in [-0.1, -0.05) is 12.1 Å². The monoisotopic (exact) mass is 301 g/mol. The molecule has 1 aromatic carbocycles. The third-order valence-electron chi connectivity index (χ3n) is 3.77. The van der Waals surface area contributed by atoms with Crippen molar-refractivity contribution < 1.29 is 13.9 Å². The van der Waals surface area contributed by atoms with Gasteiger partial charge in [-0.15, -0.1) is 0 Å². The summed E-state index contributed by atoms with van der Waals surface area (Å²) in [7, 11) is 1.68. The van der Waals surface area contributed by atoms with Crippen LogP contribution in [0.25, 0.3) is 0 Å². The van der Waals surface area contributed by atoms with Crippen LogP contribution in [0.5, 0.6) is 5.75 Å². The van der Waals surface area contributed by atoms with E-state index in [2.05, 4.69) is 15.2 Å². The summed E-state index contributed by atoms with van der Waals surface area (Å²) in [5.41, 5.74) is 1.21. The molecule has 2 aromatic rings. The molecule has 1 N–H and O–H groups in total. The first-order chi connectivity index (χ1) is 10.7. The molecule has 0 atom stereocenters. The van der Waals surface area contributed by atoms with Crippen molar-refractivity contribution >= 4 is 5.91 Å². The Morgan fingerprint density at radius 3 is 2.82 bits per heavy atom. The average molecular weight is 301 g/mol. The number of hydrogen-bond acceptors (Lipinski definition) is 5. The van der Waals surface area contributed by atoms with Crippen molar-refractivity contribution in [2.45, 2.75) is 13.2 Å². The van der Waals surface area contributed by atoms with Crippen molar-refractivity contribution in [1.29, 1.82) is 0 Å². The van der Waals surface area contributed by atoms with Gasteiger partial charge in [-0.3, -0.25) is 9.69 Å². The number of oxazole rings is 1. The standard InChI is InChI=1S/C16H19N3O3/c1-17-16(20)13-8-19(9-13)7-12-2-4-14(5-3-12)21-10-15-6-18-11-22-15/h2-6,11,13H,7-10H2,1H3,(H,17,20). The van der Waals surface area contributed by atoms with E-state index in [1.165, 1.54) is 12.0 Å². The number of rotatable bonds is 6. The lowest BCUT2D eigenvalue weighted by atomic mass is 9.98. The van der Waals surface area contributed by atoms with E-state index in [1.807, 2.05) is 24.3 Å². The van der Waals surface area contributed by atoms with Crippen LogP contribution < -0.4 is 10.1 Å². The first-order valence-electron chi connectivity index (χ1n) is 7.27. The Kier molecular flexibility index (Phi) is 4.39. The second-order valence-electron chi connectivity index (χ2n) is 5.41. The molecule has 0 unspecified atom stereocenters. The molecule has 6 nitrogen and oxygen atoms in total. The maximum absolute atomic E-state index is 11.4. The molecule has 0 aliphatic carbocycles. The van der Waals surface area contributed by atoms with Crippen LogP contribution in [-0.4, -0.2) is 35.9 Å². The zero-order valence-corrected chi connectivity index (χ0v) is 12.5. The molecular weight excluding hydrogens is 282 g/mol. The number of aromatic nitrogens is 1. The second kappa shape index (κ2) is 6.62. The topological polar surface area (TPSA) is 67.6 Å². The summed E-state index contributed by atoms with van der Waals surface area (Å²) in [6, 6.07) is 7.98. The Balaban J connectivity index is 1.45. The fourth-order valence-corrected chi connectivity index (χ4v) is 2.49. The van der Waals surface area contributed by atoms with E-state index >= 15 is 0 Å². The van der Waals surface area contributed by atoms with Crippen molar-refractivity contribution in [2.75, 3.05) is 20.1 Å². The van der Waals surface area contributed by atoms with Crippen molar-refractivity contribution in [3.05, 3.63) is 48.2 Å². The lowest BCUT2D eigenvalue weighted by molar-refractivity contribution is -0.129. The summed E-state index contributed by atoms with van der Waals surface area (Å²) in [5, 5.41) is 2.69. The molecule has 3 rings (SSSR count). The maximum atomic E-state index is 11.4. The van der Waals surface area contributed by atoms with Crippen LogP contribution in [0.1, 0.15) is 11.3 Å². The third-order valence-corrected chi connectivity index (χ3v) is 3.77. The Morgan fingerprint density at radius 2 is 2.18 bits per heavy atom. The summed E-state index contributed by atoms with van der Waals surface area (Å²) in [5.74, 6) is 1.76. The van der Waals surface area contributed by atoms with Gasteiger partial charge in [0.2, 0.25) is 5.91 Å². The number of nitrogens with zero attached hydrogens (tertiary/aromatic N) is 2. The zero-order valence-electron chi connectivity index (χ0n) is 12.5. The van der Waals surface area contributed by atoms with Crippen molar-refractivity contribution in [3.8, 4) is 5.75 Å². The number of carbonyl (C=O) groups excluding carboxylic acids is 1. The molecule has 0 bridgehead atoms. The number of hydrogen-bond donors (Lipinski definition) is 1. The quantitative estimate of drug-likeness (QED) is 0.874. The average Bonchev–Trinajstić information content (AvgIpc) is 3.02. The largest absolute Gasteiger partial charge is 0.486 e. The number of amides is 1. The number of benzene rings is 1. The first kappa shape index (κ1) is 14.6. The Morgan fingerprint density at radius 1 is 1.41 bits per heavy atom. The molecule has 6 heteroatoms. The molecule has 116 valence electrons. The van der Waals surface area contributed by atoms with Crippen LogP contribution in [0.15, 0.2) is 41.3 Å². The molecule has 2 heterocycles. The summed E-state index contributed by atoms with van der Waals surface area (Å²) < 4.78 is 10.7. The van der Waals surface area contributed by atoms with Gasteiger partial charge in [0.1, 0.15) is 12.4 Å². The highest BCUT2D eigenvalue weighted by Gasteiger charge is 2.31. The highest BCUT2D eigenvalue weighted by atomic mass is 16.5. The molecule has 1 fully saturated rings. The molecule has 0 spiro atoms. The summed E-state index contributed by atoms with van der Waals surface area (Å²) >= 11 is 0. The van der Waals surface area contributed by atoms with Gasteiger partial charge in [-0.25, -0.2) is 4.98 Å². The number of likely N-dealkylation sites (tertiary alicyclic amines) is 1. The molecule has 1 aliphatic heterocycles. The van der Waals surface area contributed by atoms with Gasteiger partial charge in [0.25, 0.3) is 0 Å². The lowest BCUT2D eigenvalue weighted by Crippen LogP contribution is -2.52. The number of ether oxygens (including phenoxy) is 1. The highest BCUT2D eigenvalue weighted by molar-refractivity contribution is 5.79. The maximum Gasteiger partial charge on any atom is 0.225 e. The van der Waals surface area contributed by atoms with Crippen LogP contribution in [0.3, 0.4) is 0 Å². The van der Waals surface area contributed by atoms with E-state index in [0.29, 0.717) is 12.4 Å². The number of carbonyl (C=O) groups is 1. The van der Waals surface area contributed by atoms with Crippen LogP contribution in [0.4, 0.5) is 0 Å². The predicted molar refractivity (Wildman–Crippen MR) is 80.1 cm³/mol. The van der Waals surface area contributed by atoms with Gasteiger partial charge in [0.15, 0.2) is 12.2 Å². The van der Waals surface area contributed by atoms with Gasteiger partial charge >= 0.3 is 0 Å². The van der Waals surface area contributed by atoms with E-state index in [9.17, 15) is 4.79 Å². The molecule has 1 aliphatic rings. The normalized spacial score (nSPS) is 15.3. The fraction of sp³-hybridized carbons (Fsp3) is 0.375. The van der Waals surface area contributed by atoms with E-state index in [4.69, 9.17) is 9.15 Å².